The molecule has 5 nitrogen and oxygen atoms in total. The first kappa shape index (κ1) is 15.1. The molecule has 1 aliphatic rings. The van der Waals surface area contributed by atoms with Gasteiger partial charge in [-0.1, -0.05) is 18.2 Å². The van der Waals surface area contributed by atoms with E-state index in [4.69, 9.17) is 9.84 Å². The zero-order valence-corrected chi connectivity index (χ0v) is 12.2. The number of carboxylic acids is 1. The fourth-order valence-corrected chi connectivity index (χ4v) is 2.60. The van der Waals surface area contributed by atoms with Crippen LogP contribution >= 0.6 is 0 Å². The van der Waals surface area contributed by atoms with Crippen molar-refractivity contribution >= 4 is 17.4 Å². The average Bonchev–Trinajstić information content (AvgIpc) is 2.96. The highest BCUT2D eigenvalue weighted by atomic mass is 16.5. The van der Waals surface area contributed by atoms with Crippen molar-refractivity contribution in [2.45, 2.75) is 25.8 Å². The van der Waals surface area contributed by atoms with Crippen LogP contribution < -0.4 is 4.74 Å². The molecule has 1 N–H and O–H groups in total. The number of ether oxygens (including phenoxy) is 1. The summed E-state index contributed by atoms with van der Waals surface area (Å²) in [6, 6.07) is 6.72. The summed E-state index contributed by atoms with van der Waals surface area (Å²) in [4.78, 5) is 24.8. The van der Waals surface area contributed by atoms with E-state index in [-0.39, 0.29) is 5.91 Å². The molecule has 1 fully saturated rings. The van der Waals surface area contributed by atoms with E-state index in [0.717, 1.165) is 17.6 Å². The standard InChI is InChI=1S/C16H19NO4/c1-11(12-6-3-4-8-14(12)21-2)10-15(18)17-9-5-7-13(17)16(19)20/h3-4,6,8,10,13H,5,7,9H2,1-2H3,(H,19,20)/b11-10+/t13-/m1/s1. The minimum absolute atomic E-state index is 0.261. The maximum atomic E-state index is 12.3. The quantitative estimate of drug-likeness (QED) is 0.863. The molecule has 1 aliphatic heterocycles. The van der Waals surface area contributed by atoms with E-state index in [0.29, 0.717) is 18.7 Å². The molecule has 1 heterocycles. The number of carbonyl (C=O) groups excluding carboxylic acids is 1. The van der Waals surface area contributed by atoms with Crippen LogP contribution in [0.15, 0.2) is 30.3 Å². The number of rotatable bonds is 4. The Hall–Kier alpha value is -2.30. The molecule has 0 spiro atoms. The first-order valence-electron chi connectivity index (χ1n) is 6.89. The summed E-state index contributed by atoms with van der Waals surface area (Å²) in [6.07, 6.45) is 2.73. The smallest absolute Gasteiger partial charge is 0.326 e. The van der Waals surface area contributed by atoms with Gasteiger partial charge in [-0.25, -0.2) is 4.79 Å². The predicted molar refractivity (Wildman–Crippen MR) is 79.0 cm³/mol. The molecular formula is C16H19NO4. The Bertz CT molecular complexity index is 579. The van der Waals surface area contributed by atoms with Gasteiger partial charge in [-0.2, -0.15) is 0 Å². The van der Waals surface area contributed by atoms with Crippen LogP contribution in [0.3, 0.4) is 0 Å². The normalized spacial score (nSPS) is 18.7. The van der Waals surface area contributed by atoms with E-state index in [1.165, 1.54) is 11.0 Å². The van der Waals surface area contributed by atoms with Crippen LogP contribution in [0, 0.1) is 0 Å². The van der Waals surface area contributed by atoms with Crippen molar-refractivity contribution in [3.63, 3.8) is 0 Å². The Morgan fingerprint density at radius 2 is 2.10 bits per heavy atom. The lowest BCUT2D eigenvalue weighted by Gasteiger charge is -2.20. The van der Waals surface area contributed by atoms with Crippen molar-refractivity contribution in [2.75, 3.05) is 13.7 Å². The molecule has 2 rings (SSSR count). The SMILES string of the molecule is COc1ccccc1/C(C)=C/C(=O)N1CCC[C@@H]1C(=O)O. The summed E-state index contributed by atoms with van der Waals surface area (Å²) in [5.41, 5.74) is 1.59. The molecule has 0 aliphatic carbocycles. The summed E-state index contributed by atoms with van der Waals surface area (Å²) in [6.45, 7) is 2.31. The molecule has 0 aromatic heterocycles. The van der Waals surface area contributed by atoms with Gasteiger partial charge in [0.15, 0.2) is 0 Å². The Labute approximate surface area is 123 Å². The predicted octanol–water partition coefficient (Wildman–Crippen LogP) is 2.17. The summed E-state index contributed by atoms with van der Waals surface area (Å²) in [7, 11) is 1.58. The Kier molecular flexibility index (Phi) is 4.62. The summed E-state index contributed by atoms with van der Waals surface area (Å²) < 4.78 is 5.27. The maximum absolute atomic E-state index is 12.3. The number of allylic oxidation sites excluding steroid dienone is 1. The molecule has 112 valence electrons. The number of para-hydroxylation sites is 1. The van der Waals surface area contributed by atoms with E-state index < -0.39 is 12.0 Å². The zero-order valence-electron chi connectivity index (χ0n) is 12.2. The highest BCUT2D eigenvalue weighted by Crippen LogP contribution is 2.26. The Morgan fingerprint density at radius 1 is 1.38 bits per heavy atom. The van der Waals surface area contributed by atoms with Crippen LogP contribution in [0.4, 0.5) is 0 Å². The minimum atomic E-state index is -0.941. The van der Waals surface area contributed by atoms with E-state index >= 15 is 0 Å². The second kappa shape index (κ2) is 6.43. The minimum Gasteiger partial charge on any atom is -0.496 e. The fourth-order valence-electron chi connectivity index (χ4n) is 2.60. The van der Waals surface area contributed by atoms with Crippen LogP contribution in [0.25, 0.3) is 5.57 Å². The van der Waals surface area contributed by atoms with Gasteiger partial charge in [-0.15, -0.1) is 0 Å². The first-order chi connectivity index (χ1) is 10.0. The van der Waals surface area contributed by atoms with Crippen LogP contribution in [0.5, 0.6) is 5.75 Å². The van der Waals surface area contributed by atoms with Crippen molar-refractivity contribution in [1.29, 1.82) is 0 Å². The molecule has 1 aromatic rings. The number of likely N-dealkylation sites (tertiary alicyclic amines) is 1. The lowest BCUT2D eigenvalue weighted by atomic mass is 10.1. The summed E-state index contributed by atoms with van der Waals surface area (Å²) >= 11 is 0. The molecule has 1 atom stereocenters. The molecule has 1 aromatic carbocycles. The second-order valence-electron chi connectivity index (χ2n) is 5.06. The van der Waals surface area contributed by atoms with Gasteiger partial charge >= 0.3 is 5.97 Å². The van der Waals surface area contributed by atoms with Gasteiger partial charge in [0.25, 0.3) is 0 Å². The van der Waals surface area contributed by atoms with Gasteiger partial charge in [0, 0.05) is 18.2 Å². The second-order valence-corrected chi connectivity index (χ2v) is 5.06. The van der Waals surface area contributed by atoms with Crippen molar-refractivity contribution in [1.82, 2.24) is 4.90 Å². The van der Waals surface area contributed by atoms with Crippen LogP contribution in [-0.2, 0) is 9.59 Å². The number of carboxylic acid groups (broad SMARTS) is 1. The van der Waals surface area contributed by atoms with Crippen LogP contribution in [0.1, 0.15) is 25.3 Å². The topological polar surface area (TPSA) is 66.8 Å². The molecule has 0 saturated carbocycles. The average molecular weight is 289 g/mol. The number of hydrogen-bond donors (Lipinski definition) is 1. The van der Waals surface area contributed by atoms with Gasteiger partial charge in [0.2, 0.25) is 5.91 Å². The van der Waals surface area contributed by atoms with E-state index in [1.807, 2.05) is 31.2 Å². The van der Waals surface area contributed by atoms with E-state index in [2.05, 4.69) is 0 Å². The van der Waals surface area contributed by atoms with Crippen LogP contribution in [0.2, 0.25) is 0 Å². The number of hydrogen-bond acceptors (Lipinski definition) is 3. The molecule has 5 heteroatoms. The maximum Gasteiger partial charge on any atom is 0.326 e. The van der Waals surface area contributed by atoms with Crippen LogP contribution in [-0.4, -0.2) is 41.6 Å². The van der Waals surface area contributed by atoms with Gasteiger partial charge in [-0.3, -0.25) is 4.79 Å². The third kappa shape index (κ3) is 3.24. The number of aliphatic carboxylic acids is 1. The van der Waals surface area contributed by atoms with Crippen molar-refractivity contribution in [3.05, 3.63) is 35.9 Å². The molecule has 0 radical (unpaired) electrons. The Morgan fingerprint density at radius 3 is 2.76 bits per heavy atom. The molecule has 0 bridgehead atoms. The van der Waals surface area contributed by atoms with E-state index in [1.54, 1.807) is 7.11 Å². The first-order valence-corrected chi connectivity index (χ1v) is 6.89. The molecule has 1 saturated heterocycles. The summed E-state index contributed by atoms with van der Waals surface area (Å²) in [5, 5.41) is 9.13. The third-order valence-corrected chi connectivity index (χ3v) is 3.69. The number of carbonyl (C=O) groups is 2. The highest BCUT2D eigenvalue weighted by Gasteiger charge is 2.33. The monoisotopic (exact) mass is 289 g/mol. The summed E-state index contributed by atoms with van der Waals surface area (Å²) in [5.74, 6) is -0.511. The lowest BCUT2D eigenvalue weighted by molar-refractivity contribution is -0.146. The van der Waals surface area contributed by atoms with Gasteiger partial charge in [0.05, 0.1) is 7.11 Å². The number of nitrogens with zero attached hydrogens (tertiary/aromatic N) is 1. The number of amides is 1. The van der Waals surface area contributed by atoms with Gasteiger partial charge in [0.1, 0.15) is 11.8 Å². The van der Waals surface area contributed by atoms with E-state index in [9.17, 15) is 9.59 Å². The van der Waals surface area contributed by atoms with Crippen molar-refractivity contribution in [3.8, 4) is 5.75 Å². The third-order valence-electron chi connectivity index (χ3n) is 3.69. The molecule has 1 amide bonds. The largest absolute Gasteiger partial charge is 0.496 e. The number of methoxy groups -OCH3 is 1. The zero-order chi connectivity index (χ0) is 15.4. The molecular weight excluding hydrogens is 270 g/mol. The van der Waals surface area contributed by atoms with Gasteiger partial charge < -0.3 is 14.7 Å². The lowest BCUT2D eigenvalue weighted by Crippen LogP contribution is -2.39. The van der Waals surface area contributed by atoms with Crippen molar-refractivity contribution < 1.29 is 19.4 Å². The fraction of sp³-hybridized carbons (Fsp3) is 0.375. The molecule has 21 heavy (non-hydrogen) atoms. The highest BCUT2D eigenvalue weighted by molar-refractivity contribution is 5.97. The van der Waals surface area contributed by atoms with Gasteiger partial charge in [-0.05, 0) is 31.4 Å². The van der Waals surface area contributed by atoms with Crippen molar-refractivity contribution in [2.24, 2.45) is 0 Å². The Balaban J connectivity index is 2.22. The molecule has 0 unspecified atom stereocenters. The number of benzene rings is 1.